The Hall–Kier alpha value is 0.410. The third kappa shape index (κ3) is 3.03. The molecular weight excluding hydrogens is 97.1 g/mol. The monoisotopic (exact) mass is 105 g/mol. The molecule has 0 aromatic carbocycles. The molecule has 0 atom stereocenters. The Morgan fingerprint density at radius 2 is 2.29 bits per heavy atom. The summed E-state index contributed by atoms with van der Waals surface area (Å²) in [5, 5.41) is 0. The zero-order valence-corrected chi connectivity index (χ0v) is 3.59. The molecule has 0 saturated heterocycles. The zero-order chi connectivity index (χ0) is 4.24. The summed E-state index contributed by atoms with van der Waals surface area (Å²) in [6.07, 6.45) is 7.05. The van der Waals surface area contributed by atoms with Gasteiger partial charge in [-0.1, -0.05) is 6.08 Å². The van der Waals surface area contributed by atoms with Crippen LogP contribution in [0.4, 0.5) is 0 Å². The molecule has 0 radical (unpaired) electrons. The van der Waals surface area contributed by atoms with Crippen LogP contribution in [0.15, 0.2) is 17.1 Å². The van der Waals surface area contributed by atoms with Gasteiger partial charge in [0.15, 0.2) is 0 Å². The number of aliphatic imine (C=N–C) groups is 1. The molecule has 0 aromatic rings. The van der Waals surface area contributed by atoms with Gasteiger partial charge in [0.25, 0.3) is 0 Å². The summed E-state index contributed by atoms with van der Waals surface area (Å²) < 4.78 is 0. The van der Waals surface area contributed by atoms with E-state index < -0.39 is 0 Å². The molecular formula is C5H8NNa. The van der Waals surface area contributed by atoms with Crippen molar-refractivity contribution in [1.82, 2.24) is 0 Å². The molecule has 1 aliphatic heterocycles. The van der Waals surface area contributed by atoms with E-state index >= 15 is 0 Å². The number of dihydropyridines is 1. The van der Waals surface area contributed by atoms with Gasteiger partial charge in [0.1, 0.15) is 0 Å². The number of rotatable bonds is 0. The Morgan fingerprint density at radius 3 is 2.43 bits per heavy atom. The second-order valence-corrected chi connectivity index (χ2v) is 1.27. The van der Waals surface area contributed by atoms with Crippen LogP contribution in [-0.4, -0.2) is 42.3 Å². The van der Waals surface area contributed by atoms with E-state index in [-0.39, 0.29) is 29.6 Å². The molecule has 0 spiro atoms. The van der Waals surface area contributed by atoms with Crippen molar-refractivity contribution in [2.24, 2.45) is 4.99 Å². The fourth-order valence-corrected chi connectivity index (χ4v) is 0.442. The Morgan fingerprint density at radius 1 is 1.43 bits per heavy atom. The first kappa shape index (κ1) is 7.41. The van der Waals surface area contributed by atoms with Gasteiger partial charge in [0.05, 0.1) is 0 Å². The van der Waals surface area contributed by atoms with Gasteiger partial charge >= 0.3 is 29.6 Å². The van der Waals surface area contributed by atoms with Crippen molar-refractivity contribution in [3.05, 3.63) is 12.2 Å². The number of allylic oxidation sites excluding steroid dienone is 1. The van der Waals surface area contributed by atoms with Crippen LogP contribution in [0.2, 0.25) is 0 Å². The SMILES string of the molecule is C1=CCCN=C1.[NaH]. The van der Waals surface area contributed by atoms with E-state index in [2.05, 4.69) is 11.1 Å². The van der Waals surface area contributed by atoms with Crippen molar-refractivity contribution < 1.29 is 0 Å². The number of hydrogen-bond donors (Lipinski definition) is 0. The van der Waals surface area contributed by atoms with Gasteiger partial charge in [-0.3, -0.25) is 4.99 Å². The van der Waals surface area contributed by atoms with Gasteiger partial charge in [0.2, 0.25) is 0 Å². The van der Waals surface area contributed by atoms with Crippen LogP contribution in [0, 0.1) is 0 Å². The summed E-state index contributed by atoms with van der Waals surface area (Å²) in [6, 6.07) is 0. The van der Waals surface area contributed by atoms with E-state index in [0.29, 0.717) is 0 Å². The molecule has 0 unspecified atom stereocenters. The van der Waals surface area contributed by atoms with Crippen molar-refractivity contribution in [3.63, 3.8) is 0 Å². The van der Waals surface area contributed by atoms with Gasteiger partial charge in [0, 0.05) is 12.8 Å². The second-order valence-electron chi connectivity index (χ2n) is 1.27. The zero-order valence-electron chi connectivity index (χ0n) is 3.59. The molecule has 1 aliphatic rings. The Kier molecular flexibility index (Phi) is 4.83. The first-order valence-electron chi connectivity index (χ1n) is 2.15. The normalized spacial score (nSPS) is 16.0. The van der Waals surface area contributed by atoms with E-state index in [1.165, 1.54) is 0 Å². The average Bonchev–Trinajstić information content (AvgIpc) is 1.72. The standard InChI is InChI=1S/C5H7N.Na.H/c1-2-4-6-5-3-1;;/h1-2,4H,3,5H2;;. The van der Waals surface area contributed by atoms with E-state index in [9.17, 15) is 0 Å². The summed E-state index contributed by atoms with van der Waals surface area (Å²) in [7, 11) is 0. The summed E-state index contributed by atoms with van der Waals surface area (Å²) >= 11 is 0. The van der Waals surface area contributed by atoms with E-state index in [4.69, 9.17) is 0 Å². The molecule has 0 fully saturated rings. The second kappa shape index (κ2) is 4.57. The number of nitrogens with zero attached hydrogens (tertiary/aromatic N) is 1. The van der Waals surface area contributed by atoms with Crippen molar-refractivity contribution in [1.29, 1.82) is 0 Å². The van der Waals surface area contributed by atoms with Crippen LogP contribution >= 0.6 is 0 Å². The third-order valence-corrected chi connectivity index (χ3v) is 0.752. The third-order valence-electron chi connectivity index (χ3n) is 0.752. The summed E-state index contributed by atoms with van der Waals surface area (Å²) in [4.78, 5) is 3.97. The summed E-state index contributed by atoms with van der Waals surface area (Å²) in [5.41, 5.74) is 0. The van der Waals surface area contributed by atoms with E-state index in [0.717, 1.165) is 13.0 Å². The average molecular weight is 105 g/mol. The van der Waals surface area contributed by atoms with Gasteiger partial charge in [-0.25, -0.2) is 0 Å². The van der Waals surface area contributed by atoms with E-state index in [1.807, 2.05) is 12.3 Å². The van der Waals surface area contributed by atoms with Crippen LogP contribution in [0.3, 0.4) is 0 Å². The van der Waals surface area contributed by atoms with Gasteiger partial charge in [-0.05, 0) is 12.5 Å². The summed E-state index contributed by atoms with van der Waals surface area (Å²) in [6.45, 7) is 0.983. The van der Waals surface area contributed by atoms with Gasteiger partial charge in [-0.2, -0.15) is 0 Å². The molecule has 7 heavy (non-hydrogen) atoms. The molecule has 0 aliphatic carbocycles. The van der Waals surface area contributed by atoms with Crippen molar-refractivity contribution >= 4 is 35.8 Å². The summed E-state index contributed by atoms with van der Waals surface area (Å²) in [5.74, 6) is 0. The molecule has 0 aromatic heterocycles. The quantitative estimate of drug-likeness (QED) is 0.395. The van der Waals surface area contributed by atoms with Crippen LogP contribution < -0.4 is 0 Å². The molecule has 0 saturated carbocycles. The van der Waals surface area contributed by atoms with Crippen LogP contribution in [0.1, 0.15) is 6.42 Å². The molecule has 34 valence electrons. The molecule has 0 N–H and O–H groups in total. The first-order chi connectivity index (χ1) is 3.00. The molecule has 1 heterocycles. The van der Waals surface area contributed by atoms with Crippen molar-refractivity contribution in [3.8, 4) is 0 Å². The van der Waals surface area contributed by atoms with Crippen molar-refractivity contribution in [2.45, 2.75) is 6.42 Å². The van der Waals surface area contributed by atoms with Gasteiger partial charge in [-0.15, -0.1) is 0 Å². The molecule has 1 nitrogen and oxygen atoms in total. The topological polar surface area (TPSA) is 12.4 Å². The van der Waals surface area contributed by atoms with E-state index in [1.54, 1.807) is 0 Å². The van der Waals surface area contributed by atoms with Crippen LogP contribution in [0.25, 0.3) is 0 Å². The first-order valence-corrected chi connectivity index (χ1v) is 2.15. The van der Waals surface area contributed by atoms with Crippen LogP contribution in [-0.2, 0) is 0 Å². The fourth-order valence-electron chi connectivity index (χ4n) is 0.442. The predicted molar refractivity (Wildman–Crippen MR) is 34.3 cm³/mol. The maximum atomic E-state index is 3.97. The Balaban J connectivity index is 0.000000360. The molecule has 2 heteroatoms. The Labute approximate surface area is 65.8 Å². The fraction of sp³-hybridized carbons (Fsp3) is 0.400. The minimum atomic E-state index is 0. The molecule has 0 bridgehead atoms. The minimum absolute atomic E-state index is 0. The maximum absolute atomic E-state index is 3.97. The van der Waals surface area contributed by atoms with Crippen molar-refractivity contribution in [2.75, 3.05) is 6.54 Å². The Bertz CT molecular complexity index is 74.1. The molecule has 0 amide bonds. The van der Waals surface area contributed by atoms with Crippen LogP contribution in [0.5, 0.6) is 0 Å². The number of hydrogen-bond acceptors (Lipinski definition) is 1. The predicted octanol–water partition coefficient (Wildman–Crippen LogP) is 0.369. The molecule has 1 rings (SSSR count). The van der Waals surface area contributed by atoms with Gasteiger partial charge < -0.3 is 0 Å².